The standard InChI is InChI=1S/C10H11NO3/c1-7-9(13-2)5-4-8(11-6-12)10(7)14-3/h4-5H,1-3H3. The van der Waals surface area contributed by atoms with Crippen LogP contribution in [0.15, 0.2) is 17.1 Å². The van der Waals surface area contributed by atoms with Gasteiger partial charge in [0, 0.05) is 5.56 Å². The second-order valence-electron chi connectivity index (χ2n) is 2.65. The average Bonchev–Trinajstić information content (AvgIpc) is 2.19. The first kappa shape index (κ1) is 10.3. The Hall–Kier alpha value is -1.80. The summed E-state index contributed by atoms with van der Waals surface area (Å²) >= 11 is 0. The van der Waals surface area contributed by atoms with Crippen LogP contribution in [0.4, 0.5) is 5.69 Å². The van der Waals surface area contributed by atoms with Crippen molar-refractivity contribution < 1.29 is 14.3 Å². The molecule has 0 aliphatic rings. The van der Waals surface area contributed by atoms with Crippen molar-refractivity contribution in [3.63, 3.8) is 0 Å². The predicted molar refractivity (Wildman–Crippen MR) is 52.1 cm³/mol. The Bertz CT molecular complexity index is 381. The molecule has 0 radical (unpaired) electrons. The van der Waals surface area contributed by atoms with Gasteiger partial charge >= 0.3 is 0 Å². The highest BCUT2D eigenvalue weighted by Crippen LogP contribution is 2.36. The van der Waals surface area contributed by atoms with Gasteiger partial charge in [-0.3, -0.25) is 0 Å². The Labute approximate surface area is 82.2 Å². The van der Waals surface area contributed by atoms with E-state index in [2.05, 4.69) is 4.99 Å². The van der Waals surface area contributed by atoms with E-state index in [9.17, 15) is 4.79 Å². The Balaban J connectivity index is 3.35. The molecule has 1 aromatic carbocycles. The molecule has 0 fully saturated rings. The largest absolute Gasteiger partial charge is 0.496 e. The van der Waals surface area contributed by atoms with Gasteiger partial charge in [0.25, 0.3) is 0 Å². The summed E-state index contributed by atoms with van der Waals surface area (Å²) in [6.45, 7) is 1.83. The number of carbonyl (C=O) groups excluding carboxylic acids is 1. The zero-order valence-corrected chi connectivity index (χ0v) is 8.33. The fourth-order valence-corrected chi connectivity index (χ4v) is 1.28. The van der Waals surface area contributed by atoms with Crippen molar-refractivity contribution in [1.82, 2.24) is 0 Å². The number of rotatable bonds is 3. The molecule has 0 saturated carbocycles. The highest BCUT2D eigenvalue weighted by atomic mass is 16.5. The SMILES string of the molecule is COc1ccc(N=C=O)c(OC)c1C. The van der Waals surface area contributed by atoms with Crippen molar-refractivity contribution in [1.29, 1.82) is 0 Å². The van der Waals surface area contributed by atoms with Crippen LogP contribution < -0.4 is 9.47 Å². The number of benzene rings is 1. The van der Waals surface area contributed by atoms with Crippen molar-refractivity contribution in [3.8, 4) is 11.5 Å². The number of nitrogens with zero attached hydrogens (tertiary/aromatic N) is 1. The van der Waals surface area contributed by atoms with E-state index >= 15 is 0 Å². The lowest BCUT2D eigenvalue weighted by atomic mass is 10.1. The van der Waals surface area contributed by atoms with E-state index in [1.807, 2.05) is 6.92 Å². The van der Waals surface area contributed by atoms with Crippen LogP contribution in [-0.4, -0.2) is 20.3 Å². The van der Waals surface area contributed by atoms with Crippen LogP contribution in [0.1, 0.15) is 5.56 Å². The lowest BCUT2D eigenvalue weighted by molar-refractivity contribution is 0.389. The molecule has 4 heteroatoms. The van der Waals surface area contributed by atoms with Crippen LogP contribution in [0.2, 0.25) is 0 Å². The molecule has 0 saturated heterocycles. The van der Waals surface area contributed by atoms with Crippen molar-refractivity contribution in [2.75, 3.05) is 14.2 Å². The van der Waals surface area contributed by atoms with Crippen LogP contribution in [0.25, 0.3) is 0 Å². The lowest BCUT2D eigenvalue weighted by Crippen LogP contribution is -1.92. The molecule has 0 aromatic heterocycles. The average molecular weight is 193 g/mol. The molecule has 1 rings (SSSR count). The maximum absolute atomic E-state index is 10.1. The van der Waals surface area contributed by atoms with Crippen LogP contribution in [0, 0.1) is 6.92 Å². The third-order valence-electron chi connectivity index (χ3n) is 1.93. The van der Waals surface area contributed by atoms with Gasteiger partial charge in [0.15, 0.2) is 5.75 Å². The molecule has 14 heavy (non-hydrogen) atoms. The molecule has 0 bridgehead atoms. The molecule has 1 aromatic rings. The fraction of sp³-hybridized carbons (Fsp3) is 0.300. The molecule has 0 aliphatic carbocycles. The molecule has 0 aliphatic heterocycles. The molecule has 0 heterocycles. The van der Waals surface area contributed by atoms with Crippen molar-refractivity contribution in [3.05, 3.63) is 17.7 Å². The summed E-state index contributed by atoms with van der Waals surface area (Å²) in [7, 11) is 3.09. The molecule has 74 valence electrons. The van der Waals surface area contributed by atoms with Gasteiger partial charge in [-0.05, 0) is 19.1 Å². The van der Waals surface area contributed by atoms with Gasteiger partial charge < -0.3 is 9.47 Å². The van der Waals surface area contributed by atoms with Gasteiger partial charge in [0.1, 0.15) is 11.4 Å². The topological polar surface area (TPSA) is 47.9 Å². The summed E-state index contributed by atoms with van der Waals surface area (Å²) < 4.78 is 10.2. The summed E-state index contributed by atoms with van der Waals surface area (Å²) in [5, 5.41) is 0. The van der Waals surface area contributed by atoms with Gasteiger partial charge in [-0.2, -0.15) is 4.99 Å². The number of hydrogen-bond acceptors (Lipinski definition) is 4. The van der Waals surface area contributed by atoms with Gasteiger partial charge in [-0.25, -0.2) is 4.79 Å². The van der Waals surface area contributed by atoms with Gasteiger partial charge in [-0.15, -0.1) is 0 Å². The van der Waals surface area contributed by atoms with Crippen LogP contribution >= 0.6 is 0 Å². The zero-order valence-electron chi connectivity index (χ0n) is 8.33. The Kier molecular flexibility index (Phi) is 3.26. The molecular formula is C10H11NO3. The predicted octanol–water partition coefficient (Wildman–Crippen LogP) is 1.98. The Morgan fingerprint density at radius 1 is 1.29 bits per heavy atom. The van der Waals surface area contributed by atoms with Crippen LogP contribution in [0.3, 0.4) is 0 Å². The van der Waals surface area contributed by atoms with E-state index in [-0.39, 0.29) is 0 Å². The second-order valence-corrected chi connectivity index (χ2v) is 2.65. The molecule has 0 N–H and O–H groups in total. The van der Waals surface area contributed by atoms with E-state index in [0.717, 1.165) is 5.56 Å². The maximum atomic E-state index is 10.1. The molecular weight excluding hydrogens is 182 g/mol. The third-order valence-corrected chi connectivity index (χ3v) is 1.93. The smallest absolute Gasteiger partial charge is 0.240 e. The molecule has 0 atom stereocenters. The quantitative estimate of drug-likeness (QED) is 0.544. The van der Waals surface area contributed by atoms with Crippen molar-refractivity contribution in [2.24, 2.45) is 4.99 Å². The summed E-state index contributed by atoms with van der Waals surface area (Å²) in [6, 6.07) is 3.38. The first-order valence-electron chi connectivity index (χ1n) is 4.04. The second kappa shape index (κ2) is 4.44. The van der Waals surface area contributed by atoms with Gasteiger partial charge in [0.2, 0.25) is 6.08 Å². The number of ether oxygens (including phenoxy) is 2. The minimum absolute atomic E-state index is 0.459. The zero-order chi connectivity index (χ0) is 10.6. The van der Waals surface area contributed by atoms with E-state index in [4.69, 9.17) is 9.47 Å². The Morgan fingerprint density at radius 3 is 2.50 bits per heavy atom. The molecule has 0 amide bonds. The number of isocyanates is 1. The molecule has 0 spiro atoms. The number of methoxy groups -OCH3 is 2. The highest BCUT2D eigenvalue weighted by Gasteiger charge is 2.09. The molecule has 4 nitrogen and oxygen atoms in total. The monoisotopic (exact) mass is 193 g/mol. The van der Waals surface area contributed by atoms with Crippen LogP contribution in [0.5, 0.6) is 11.5 Å². The third kappa shape index (κ3) is 1.75. The summed E-state index contributed by atoms with van der Waals surface area (Å²) in [5.74, 6) is 1.24. The minimum atomic E-state index is 0.459. The van der Waals surface area contributed by atoms with E-state index in [1.54, 1.807) is 19.2 Å². The first-order valence-corrected chi connectivity index (χ1v) is 4.04. The minimum Gasteiger partial charge on any atom is -0.496 e. The van der Waals surface area contributed by atoms with Gasteiger partial charge in [-0.1, -0.05) is 0 Å². The fourth-order valence-electron chi connectivity index (χ4n) is 1.28. The number of aliphatic imine (C=N–C) groups is 1. The van der Waals surface area contributed by atoms with Crippen molar-refractivity contribution in [2.45, 2.75) is 6.92 Å². The normalized spacial score (nSPS) is 9.07. The van der Waals surface area contributed by atoms with E-state index in [0.29, 0.717) is 17.2 Å². The van der Waals surface area contributed by atoms with Crippen molar-refractivity contribution >= 4 is 11.8 Å². The van der Waals surface area contributed by atoms with E-state index < -0.39 is 0 Å². The maximum Gasteiger partial charge on any atom is 0.240 e. The van der Waals surface area contributed by atoms with E-state index in [1.165, 1.54) is 13.2 Å². The summed E-state index contributed by atoms with van der Waals surface area (Å²) in [4.78, 5) is 13.7. The van der Waals surface area contributed by atoms with Crippen LogP contribution in [-0.2, 0) is 4.79 Å². The Morgan fingerprint density at radius 2 is 2.00 bits per heavy atom. The number of hydrogen-bond donors (Lipinski definition) is 0. The first-order chi connectivity index (χ1) is 6.74. The molecule has 0 unspecified atom stereocenters. The highest BCUT2D eigenvalue weighted by molar-refractivity contribution is 5.63. The summed E-state index contributed by atoms with van der Waals surface area (Å²) in [6.07, 6.45) is 1.48. The van der Waals surface area contributed by atoms with Gasteiger partial charge in [0.05, 0.1) is 14.2 Å². The lowest BCUT2D eigenvalue weighted by Gasteiger charge is -2.10. The summed E-state index contributed by atoms with van der Waals surface area (Å²) in [5.41, 5.74) is 1.27.